The van der Waals surface area contributed by atoms with Crippen LogP contribution in [0.1, 0.15) is 35.5 Å². The number of hydrogen-bond donors (Lipinski definition) is 1. The molecular weight excluding hydrogens is 444 g/mol. The fourth-order valence-corrected chi connectivity index (χ4v) is 4.02. The van der Waals surface area contributed by atoms with Gasteiger partial charge in [-0.1, -0.05) is 41.6 Å². The predicted octanol–water partition coefficient (Wildman–Crippen LogP) is 5.91. The maximum atomic E-state index is 12.5. The van der Waals surface area contributed by atoms with Crippen LogP contribution >= 0.6 is 23.4 Å². The number of aromatic nitrogens is 3. The minimum atomic E-state index is -0.318. The van der Waals surface area contributed by atoms with E-state index < -0.39 is 0 Å². The molecule has 3 rings (SSSR count). The molecule has 8 heteroatoms. The molecule has 0 bridgehead atoms. The standard InChI is InChI=1S/C24H27ClN4O2S/c1-6-11-29-23(18(5)31-20-10-8-15(2)17(4)12-20)27-28-24(29)32-14-22(30)26-21-13-19(25)9-7-16(21)3/h6-10,12-13,18H,1,11,14H2,2-5H3,(H,26,30). The van der Waals surface area contributed by atoms with Crippen LogP contribution in [0, 0.1) is 20.8 Å². The molecule has 0 aliphatic heterocycles. The molecule has 0 radical (unpaired) electrons. The summed E-state index contributed by atoms with van der Waals surface area (Å²) in [6, 6.07) is 11.4. The molecule has 1 heterocycles. The van der Waals surface area contributed by atoms with E-state index in [2.05, 4.69) is 35.9 Å². The smallest absolute Gasteiger partial charge is 0.234 e. The van der Waals surface area contributed by atoms with Crippen molar-refractivity contribution in [1.29, 1.82) is 0 Å². The van der Waals surface area contributed by atoms with Gasteiger partial charge in [0.1, 0.15) is 5.75 Å². The first-order chi connectivity index (χ1) is 15.3. The van der Waals surface area contributed by atoms with Gasteiger partial charge in [-0.15, -0.1) is 16.8 Å². The van der Waals surface area contributed by atoms with Crippen LogP contribution in [0.15, 0.2) is 54.2 Å². The van der Waals surface area contributed by atoms with E-state index in [9.17, 15) is 4.79 Å². The summed E-state index contributed by atoms with van der Waals surface area (Å²) >= 11 is 7.35. The number of carbonyl (C=O) groups is 1. The molecule has 1 amide bonds. The number of benzene rings is 2. The number of carbonyl (C=O) groups excluding carboxylic acids is 1. The molecule has 2 aromatic carbocycles. The number of halogens is 1. The van der Waals surface area contributed by atoms with Crippen LogP contribution in [-0.4, -0.2) is 26.4 Å². The SMILES string of the molecule is C=CCn1c(SCC(=O)Nc2cc(Cl)ccc2C)nnc1C(C)Oc1ccc(C)c(C)c1. The number of anilines is 1. The zero-order valence-electron chi connectivity index (χ0n) is 18.7. The summed E-state index contributed by atoms with van der Waals surface area (Å²) in [4.78, 5) is 12.5. The fourth-order valence-electron chi connectivity index (χ4n) is 3.10. The highest BCUT2D eigenvalue weighted by atomic mass is 35.5. The van der Waals surface area contributed by atoms with Crippen molar-refractivity contribution in [2.45, 2.75) is 45.5 Å². The number of aryl methyl sites for hydroxylation is 3. The second-order valence-corrected chi connectivity index (χ2v) is 8.92. The van der Waals surface area contributed by atoms with Crippen LogP contribution in [0.5, 0.6) is 5.75 Å². The maximum absolute atomic E-state index is 12.5. The fraction of sp³-hybridized carbons (Fsp3) is 0.292. The number of amides is 1. The molecule has 168 valence electrons. The molecule has 0 saturated carbocycles. The van der Waals surface area contributed by atoms with Gasteiger partial charge in [0, 0.05) is 17.3 Å². The van der Waals surface area contributed by atoms with Crippen LogP contribution in [0.3, 0.4) is 0 Å². The van der Waals surface area contributed by atoms with Crippen molar-refractivity contribution in [2.24, 2.45) is 0 Å². The van der Waals surface area contributed by atoms with Gasteiger partial charge in [0.2, 0.25) is 5.91 Å². The van der Waals surface area contributed by atoms with Gasteiger partial charge in [-0.05, 0) is 68.7 Å². The van der Waals surface area contributed by atoms with Crippen molar-refractivity contribution in [3.63, 3.8) is 0 Å². The Labute approximate surface area is 198 Å². The van der Waals surface area contributed by atoms with E-state index in [-0.39, 0.29) is 17.8 Å². The summed E-state index contributed by atoms with van der Waals surface area (Å²) in [5, 5.41) is 12.7. The van der Waals surface area contributed by atoms with Gasteiger partial charge in [-0.25, -0.2) is 0 Å². The quantitative estimate of drug-likeness (QED) is 0.311. The van der Waals surface area contributed by atoms with Crippen molar-refractivity contribution in [3.05, 3.63) is 76.6 Å². The van der Waals surface area contributed by atoms with Gasteiger partial charge in [-0.2, -0.15) is 0 Å². The molecule has 0 fully saturated rings. The number of rotatable bonds is 9. The van der Waals surface area contributed by atoms with Crippen molar-refractivity contribution in [2.75, 3.05) is 11.1 Å². The average Bonchev–Trinajstić information content (AvgIpc) is 3.15. The first kappa shape index (κ1) is 23.9. The van der Waals surface area contributed by atoms with E-state index in [1.54, 1.807) is 18.2 Å². The lowest BCUT2D eigenvalue weighted by molar-refractivity contribution is -0.113. The van der Waals surface area contributed by atoms with Crippen LogP contribution in [0.2, 0.25) is 5.02 Å². The lowest BCUT2D eigenvalue weighted by atomic mass is 10.1. The zero-order chi connectivity index (χ0) is 23.3. The molecule has 1 N–H and O–H groups in total. The van der Waals surface area contributed by atoms with E-state index in [0.29, 0.717) is 28.2 Å². The molecule has 0 aliphatic rings. The summed E-state index contributed by atoms with van der Waals surface area (Å²) < 4.78 is 8.02. The van der Waals surface area contributed by atoms with Crippen LogP contribution in [0.4, 0.5) is 5.69 Å². The molecule has 0 spiro atoms. The van der Waals surface area contributed by atoms with E-state index in [1.165, 1.54) is 22.9 Å². The Morgan fingerprint density at radius 3 is 2.66 bits per heavy atom. The molecule has 6 nitrogen and oxygen atoms in total. The third-order valence-corrected chi connectivity index (χ3v) is 6.22. The first-order valence-electron chi connectivity index (χ1n) is 10.2. The number of hydrogen-bond acceptors (Lipinski definition) is 5. The lowest BCUT2D eigenvalue weighted by Gasteiger charge is -2.16. The number of allylic oxidation sites excluding steroid dienone is 1. The molecule has 3 aromatic rings. The Balaban J connectivity index is 1.69. The molecule has 1 atom stereocenters. The summed E-state index contributed by atoms with van der Waals surface area (Å²) in [5.41, 5.74) is 4.03. The minimum Gasteiger partial charge on any atom is -0.483 e. The van der Waals surface area contributed by atoms with Crippen molar-refractivity contribution < 1.29 is 9.53 Å². The second-order valence-electron chi connectivity index (χ2n) is 7.54. The number of thioether (sulfide) groups is 1. The number of ether oxygens (including phenoxy) is 1. The van der Waals surface area contributed by atoms with Gasteiger partial charge in [0.05, 0.1) is 5.75 Å². The summed E-state index contributed by atoms with van der Waals surface area (Å²) in [6.45, 7) is 12.3. The molecule has 1 unspecified atom stereocenters. The lowest BCUT2D eigenvalue weighted by Crippen LogP contribution is -2.16. The third-order valence-electron chi connectivity index (χ3n) is 5.02. The Bertz CT molecular complexity index is 1130. The number of nitrogens with one attached hydrogen (secondary N) is 1. The van der Waals surface area contributed by atoms with Gasteiger partial charge in [0.15, 0.2) is 17.1 Å². The highest BCUT2D eigenvalue weighted by Gasteiger charge is 2.20. The molecule has 1 aromatic heterocycles. The average molecular weight is 471 g/mol. The molecule has 0 aliphatic carbocycles. The Morgan fingerprint density at radius 2 is 1.94 bits per heavy atom. The van der Waals surface area contributed by atoms with E-state index in [0.717, 1.165) is 11.3 Å². The van der Waals surface area contributed by atoms with E-state index in [4.69, 9.17) is 16.3 Å². The minimum absolute atomic E-state index is 0.144. The maximum Gasteiger partial charge on any atom is 0.234 e. The van der Waals surface area contributed by atoms with Crippen molar-refractivity contribution in [3.8, 4) is 5.75 Å². The van der Waals surface area contributed by atoms with Crippen LogP contribution < -0.4 is 10.1 Å². The number of nitrogens with zero attached hydrogens (tertiary/aromatic N) is 3. The van der Waals surface area contributed by atoms with Crippen molar-refractivity contribution in [1.82, 2.24) is 14.8 Å². The Kier molecular flexibility index (Phi) is 7.99. The summed E-state index contributed by atoms with van der Waals surface area (Å²) in [5.74, 6) is 1.50. The van der Waals surface area contributed by atoms with Gasteiger partial charge in [0.25, 0.3) is 0 Å². The normalized spacial score (nSPS) is 11.8. The predicted molar refractivity (Wildman–Crippen MR) is 131 cm³/mol. The van der Waals surface area contributed by atoms with Crippen LogP contribution in [-0.2, 0) is 11.3 Å². The monoisotopic (exact) mass is 470 g/mol. The van der Waals surface area contributed by atoms with Gasteiger partial charge in [-0.3, -0.25) is 9.36 Å². The topological polar surface area (TPSA) is 69.0 Å². The molecule has 0 saturated heterocycles. The van der Waals surface area contributed by atoms with Crippen LogP contribution in [0.25, 0.3) is 0 Å². The summed E-state index contributed by atoms with van der Waals surface area (Å²) in [6.07, 6.45) is 1.46. The Morgan fingerprint density at radius 1 is 1.19 bits per heavy atom. The highest BCUT2D eigenvalue weighted by Crippen LogP contribution is 2.26. The summed E-state index contributed by atoms with van der Waals surface area (Å²) in [7, 11) is 0. The first-order valence-corrected chi connectivity index (χ1v) is 11.6. The second kappa shape index (κ2) is 10.7. The van der Waals surface area contributed by atoms with E-state index >= 15 is 0 Å². The largest absolute Gasteiger partial charge is 0.483 e. The molecular formula is C24H27ClN4O2S. The zero-order valence-corrected chi connectivity index (χ0v) is 20.3. The van der Waals surface area contributed by atoms with Gasteiger partial charge < -0.3 is 10.1 Å². The molecule has 32 heavy (non-hydrogen) atoms. The van der Waals surface area contributed by atoms with Crippen molar-refractivity contribution >= 4 is 35.0 Å². The Hall–Kier alpha value is -2.77. The highest BCUT2D eigenvalue weighted by molar-refractivity contribution is 7.99. The van der Waals surface area contributed by atoms with Gasteiger partial charge >= 0.3 is 0 Å². The van der Waals surface area contributed by atoms with E-state index in [1.807, 2.05) is 42.7 Å². The third kappa shape index (κ3) is 5.93.